The first-order valence-corrected chi connectivity index (χ1v) is 6.78. The number of aromatic carboxylic acids is 1. The molecule has 0 saturated heterocycles. The average molecular weight is 296 g/mol. The number of hydrogen-bond acceptors (Lipinski definition) is 3. The Morgan fingerprint density at radius 2 is 2.00 bits per heavy atom. The van der Waals surface area contributed by atoms with Crippen LogP contribution >= 0.6 is 0 Å². The first kappa shape index (κ1) is 17.1. The third-order valence-corrected chi connectivity index (χ3v) is 3.33. The maximum atomic E-state index is 13.5. The van der Waals surface area contributed by atoms with Crippen LogP contribution in [0.15, 0.2) is 18.2 Å². The molecule has 0 spiro atoms. The SMILES string of the molecule is CC(C)(CCN)CCC(=O)Nc1ccc(C(=O)O)c(F)c1. The van der Waals surface area contributed by atoms with Gasteiger partial charge in [0.15, 0.2) is 0 Å². The summed E-state index contributed by atoms with van der Waals surface area (Å²) >= 11 is 0. The van der Waals surface area contributed by atoms with E-state index in [0.29, 0.717) is 19.4 Å². The molecule has 1 amide bonds. The van der Waals surface area contributed by atoms with Gasteiger partial charge in [-0.1, -0.05) is 13.8 Å². The van der Waals surface area contributed by atoms with E-state index >= 15 is 0 Å². The summed E-state index contributed by atoms with van der Waals surface area (Å²) in [7, 11) is 0. The minimum atomic E-state index is -1.34. The first-order valence-electron chi connectivity index (χ1n) is 6.78. The number of nitrogens with two attached hydrogens (primary N) is 1. The van der Waals surface area contributed by atoms with Crippen LogP contribution in [0.3, 0.4) is 0 Å². The molecule has 0 bridgehead atoms. The number of nitrogens with one attached hydrogen (secondary N) is 1. The van der Waals surface area contributed by atoms with Gasteiger partial charge in [-0.2, -0.15) is 0 Å². The van der Waals surface area contributed by atoms with E-state index in [1.54, 1.807) is 0 Å². The highest BCUT2D eigenvalue weighted by Crippen LogP contribution is 2.26. The average Bonchev–Trinajstić information content (AvgIpc) is 2.36. The van der Waals surface area contributed by atoms with E-state index in [1.165, 1.54) is 6.07 Å². The van der Waals surface area contributed by atoms with Gasteiger partial charge in [-0.3, -0.25) is 4.79 Å². The lowest BCUT2D eigenvalue weighted by Gasteiger charge is -2.23. The number of carbonyl (C=O) groups excluding carboxylic acids is 1. The Hall–Kier alpha value is -1.95. The van der Waals surface area contributed by atoms with Crippen LogP contribution in [-0.2, 0) is 4.79 Å². The fraction of sp³-hybridized carbons (Fsp3) is 0.467. The minimum absolute atomic E-state index is 0.0233. The molecule has 0 fully saturated rings. The Kier molecular flexibility index (Phi) is 5.84. The Balaban J connectivity index is 2.59. The molecular formula is C15H21FN2O3. The highest BCUT2D eigenvalue weighted by Gasteiger charge is 2.18. The predicted molar refractivity (Wildman–Crippen MR) is 78.7 cm³/mol. The van der Waals surface area contributed by atoms with Crippen molar-refractivity contribution in [3.63, 3.8) is 0 Å². The molecule has 1 rings (SSSR count). The smallest absolute Gasteiger partial charge is 0.338 e. The molecule has 4 N–H and O–H groups in total. The number of amides is 1. The molecular weight excluding hydrogens is 275 g/mol. The quantitative estimate of drug-likeness (QED) is 0.721. The summed E-state index contributed by atoms with van der Waals surface area (Å²) in [5.41, 5.74) is 5.32. The summed E-state index contributed by atoms with van der Waals surface area (Å²) in [6, 6.07) is 3.51. The largest absolute Gasteiger partial charge is 0.478 e. The van der Waals surface area contributed by atoms with Gasteiger partial charge in [-0.05, 0) is 43.0 Å². The maximum Gasteiger partial charge on any atom is 0.338 e. The van der Waals surface area contributed by atoms with Gasteiger partial charge in [0.25, 0.3) is 0 Å². The van der Waals surface area contributed by atoms with E-state index in [9.17, 15) is 14.0 Å². The van der Waals surface area contributed by atoms with Crippen molar-refractivity contribution in [2.24, 2.45) is 11.1 Å². The lowest BCUT2D eigenvalue weighted by molar-refractivity contribution is -0.116. The lowest BCUT2D eigenvalue weighted by Crippen LogP contribution is -2.20. The topological polar surface area (TPSA) is 92.4 Å². The third kappa shape index (κ3) is 5.51. The Labute approximate surface area is 123 Å². The summed E-state index contributed by atoms with van der Waals surface area (Å²) in [6.07, 6.45) is 1.79. The molecule has 0 saturated carbocycles. The summed E-state index contributed by atoms with van der Waals surface area (Å²) in [5.74, 6) is -2.44. The monoisotopic (exact) mass is 296 g/mol. The van der Waals surface area contributed by atoms with E-state index in [2.05, 4.69) is 5.32 Å². The van der Waals surface area contributed by atoms with Gasteiger partial charge in [-0.15, -0.1) is 0 Å². The molecule has 1 aromatic carbocycles. The number of anilines is 1. The number of halogens is 1. The molecule has 21 heavy (non-hydrogen) atoms. The normalized spacial score (nSPS) is 11.2. The molecule has 0 aliphatic heterocycles. The van der Waals surface area contributed by atoms with Crippen molar-refractivity contribution < 1.29 is 19.1 Å². The molecule has 116 valence electrons. The van der Waals surface area contributed by atoms with Gasteiger partial charge in [0.1, 0.15) is 5.82 Å². The van der Waals surface area contributed by atoms with E-state index in [1.807, 2.05) is 13.8 Å². The molecule has 1 aromatic rings. The third-order valence-electron chi connectivity index (χ3n) is 3.33. The predicted octanol–water partition coefficient (Wildman–Crippen LogP) is 2.62. The Bertz CT molecular complexity index is 530. The summed E-state index contributed by atoms with van der Waals surface area (Å²) in [5, 5.41) is 11.3. The molecule has 0 aromatic heterocycles. The second kappa shape index (κ2) is 7.17. The first-order chi connectivity index (χ1) is 9.75. The van der Waals surface area contributed by atoms with E-state index in [4.69, 9.17) is 10.8 Å². The van der Waals surface area contributed by atoms with Crippen LogP contribution in [0.25, 0.3) is 0 Å². The number of carbonyl (C=O) groups is 2. The zero-order valence-corrected chi connectivity index (χ0v) is 12.3. The Morgan fingerprint density at radius 3 is 2.52 bits per heavy atom. The van der Waals surface area contributed by atoms with Crippen molar-refractivity contribution in [3.8, 4) is 0 Å². The van der Waals surface area contributed by atoms with Crippen molar-refractivity contribution >= 4 is 17.6 Å². The number of benzene rings is 1. The van der Waals surface area contributed by atoms with Crippen molar-refractivity contribution in [2.75, 3.05) is 11.9 Å². The van der Waals surface area contributed by atoms with Gasteiger partial charge in [0.05, 0.1) is 5.56 Å². The number of carboxylic acids is 1. The molecule has 6 heteroatoms. The summed E-state index contributed by atoms with van der Waals surface area (Å²) < 4.78 is 13.5. The van der Waals surface area contributed by atoms with Crippen LogP contribution in [0.5, 0.6) is 0 Å². The van der Waals surface area contributed by atoms with Crippen LogP contribution in [-0.4, -0.2) is 23.5 Å². The number of carboxylic acid groups (broad SMARTS) is 1. The summed E-state index contributed by atoms with van der Waals surface area (Å²) in [4.78, 5) is 22.5. The Morgan fingerprint density at radius 1 is 1.33 bits per heavy atom. The van der Waals surface area contributed by atoms with Crippen molar-refractivity contribution in [1.29, 1.82) is 0 Å². The lowest BCUT2D eigenvalue weighted by atomic mass is 9.84. The van der Waals surface area contributed by atoms with Gasteiger partial charge in [-0.25, -0.2) is 9.18 Å². The van der Waals surface area contributed by atoms with Crippen molar-refractivity contribution in [1.82, 2.24) is 0 Å². The zero-order valence-electron chi connectivity index (χ0n) is 12.3. The van der Waals surface area contributed by atoms with Crippen LogP contribution in [0.4, 0.5) is 10.1 Å². The molecule has 0 aliphatic rings. The standard InChI is InChI=1S/C15H21FN2O3/c1-15(2,7-8-17)6-5-13(19)18-10-3-4-11(14(20)21)12(16)9-10/h3-4,9H,5-8,17H2,1-2H3,(H,18,19)(H,20,21). The number of hydrogen-bond donors (Lipinski definition) is 3. The van der Waals surface area contributed by atoms with Gasteiger partial charge in [0, 0.05) is 12.1 Å². The minimum Gasteiger partial charge on any atom is -0.478 e. The zero-order chi connectivity index (χ0) is 16.0. The number of rotatable bonds is 7. The highest BCUT2D eigenvalue weighted by molar-refractivity contribution is 5.92. The second-order valence-corrected chi connectivity index (χ2v) is 5.75. The highest BCUT2D eigenvalue weighted by atomic mass is 19.1. The van der Waals surface area contributed by atoms with Crippen LogP contribution in [0.2, 0.25) is 0 Å². The van der Waals surface area contributed by atoms with Gasteiger partial charge in [0.2, 0.25) is 5.91 Å². The van der Waals surface area contributed by atoms with E-state index in [0.717, 1.165) is 18.6 Å². The molecule has 0 atom stereocenters. The van der Waals surface area contributed by atoms with E-state index in [-0.39, 0.29) is 17.0 Å². The molecule has 0 heterocycles. The second-order valence-electron chi connectivity index (χ2n) is 5.75. The maximum absolute atomic E-state index is 13.5. The van der Waals surface area contributed by atoms with Crippen molar-refractivity contribution in [2.45, 2.75) is 33.1 Å². The van der Waals surface area contributed by atoms with Crippen LogP contribution < -0.4 is 11.1 Å². The van der Waals surface area contributed by atoms with Crippen molar-refractivity contribution in [3.05, 3.63) is 29.6 Å². The van der Waals surface area contributed by atoms with E-state index < -0.39 is 17.3 Å². The molecule has 0 aliphatic carbocycles. The molecule has 5 nitrogen and oxygen atoms in total. The fourth-order valence-corrected chi connectivity index (χ4v) is 1.96. The van der Waals surface area contributed by atoms with Crippen LogP contribution in [0, 0.1) is 11.2 Å². The van der Waals surface area contributed by atoms with Gasteiger partial charge < -0.3 is 16.2 Å². The fourth-order valence-electron chi connectivity index (χ4n) is 1.96. The summed E-state index contributed by atoms with van der Waals surface area (Å²) in [6.45, 7) is 4.64. The molecule has 0 radical (unpaired) electrons. The molecule has 0 unspecified atom stereocenters. The van der Waals surface area contributed by atoms with Gasteiger partial charge >= 0.3 is 5.97 Å². The van der Waals surface area contributed by atoms with Crippen LogP contribution in [0.1, 0.15) is 43.5 Å².